The Bertz CT molecular complexity index is 816. The van der Waals surface area contributed by atoms with Crippen molar-refractivity contribution < 1.29 is 14.6 Å². The van der Waals surface area contributed by atoms with E-state index in [1.165, 1.54) is 12.0 Å². The summed E-state index contributed by atoms with van der Waals surface area (Å²) in [5.74, 6) is 0.982. The third-order valence-electron chi connectivity index (χ3n) is 5.49. The van der Waals surface area contributed by atoms with Crippen LogP contribution in [0.25, 0.3) is 10.9 Å². The molecule has 1 fully saturated rings. The molecule has 0 bridgehead atoms. The van der Waals surface area contributed by atoms with Gasteiger partial charge >= 0.3 is 0 Å². The lowest BCUT2D eigenvalue weighted by atomic mass is 9.97. The van der Waals surface area contributed by atoms with Gasteiger partial charge in [-0.05, 0) is 56.7 Å². The molecule has 2 aliphatic rings. The van der Waals surface area contributed by atoms with E-state index in [1.54, 1.807) is 0 Å². The largest absolute Gasteiger partial charge is 0.494 e. The van der Waals surface area contributed by atoms with Gasteiger partial charge in [-0.25, -0.2) is 0 Å². The minimum Gasteiger partial charge on any atom is -0.494 e. The number of aryl methyl sites for hydroxylation is 1. The second-order valence-corrected chi connectivity index (χ2v) is 7.66. The van der Waals surface area contributed by atoms with Crippen molar-refractivity contribution >= 4 is 16.6 Å². The smallest absolute Gasteiger partial charge is 0.201 e. The van der Waals surface area contributed by atoms with Crippen molar-refractivity contribution in [2.75, 3.05) is 33.0 Å². The Morgan fingerprint density at radius 2 is 2.15 bits per heavy atom. The van der Waals surface area contributed by atoms with Gasteiger partial charge in [0.1, 0.15) is 0 Å². The molecule has 0 amide bonds. The van der Waals surface area contributed by atoms with Crippen molar-refractivity contribution in [3.8, 4) is 5.88 Å². The van der Waals surface area contributed by atoms with Gasteiger partial charge in [0.2, 0.25) is 5.88 Å². The summed E-state index contributed by atoms with van der Waals surface area (Å²) in [6.45, 7) is 7.76. The lowest BCUT2D eigenvalue weighted by molar-refractivity contribution is 0.171. The van der Waals surface area contributed by atoms with Crippen LogP contribution in [0.4, 0.5) is 0 Å². The Hall–Kier alpha value is -1.85. The summed E-state index contributed by atoms with van der Waals surface area (Å²) >= 11 is 0. The van der Waals surface area contributed by atoms with Crippen LogP contribution in [0.1, 0.15) is 43.9 Å². The first kappa shape index (κ1) is 17.6. The third-order valence-corrected chi connectivity index (χ3v) is 5.49. The zero-order valence-electron chi connectivity index (χ0n) is 15.7. The maximum atomic E-state index is 10.9. The van der Waals surface area contributed by atoms with E-state index in [-0.39, 0.29) is 6.04 Å². The first-order chi connectivity index (χ1) is 12.6. The summed E-state index contributed by atoms with van der Waals surface area (Å²) in [4.78, 5) is 4.62. The highest BCUT2D eigenvalue weighted by Gasteiger charge is 2.24. The fourth-order valence-corrected chi connectivity index (χ4v) is 4.10. The van der Waals surface area contributed by atoms with Crippen LogP contribution >= 0.6 is 0 Å². The summed E-state index contributed by atoms with van der Waals surface area (Å²) in [5.41, 5.74) is 4.08. The van der Waals surface area contributed by atoms with Gasteiger partial charge in [0.05, 0.1) is 36.6 Å². The van der Waals surface area contributed by atoms with Crippen LogP contribution < -0.4 is 0 Å². The van der Waals surface area contributed by atoms with E-state index in [9.17, 15) is 5.11 Å². The molecule has 2 aliphatic heterocycles. The SMILES string of the molecule is CC(C)n1c(O)c(C2=NCCOC2)c2cc(CCC3CCOC3)ccc21. The average Bonchev–Trinajstić information content (AvgIpc) is 3.25. The average molecular weight is 356 g/mol. The van der Waals surface area contributed by atoms with Crippen molar-refractivity contribution in [1.82, 2.24) is 4.57 Å². The van der Waals surface area contributed by atoms with Crippen molar-refractivity contribution in [1.29, 1.82) is 0 Å². The Balaban J connectivity index is 1.73. The molecule has 1 aromatic heterocycles. The number of nitrogens with zero attached hydrogens (tertiary/aromatic N) is 2. The Morgan fingerprint density at radius 3 is 2.85 bits per heavy atom. The molecule has 0 saturated carbocycles. The standard InChI is InChI=1S/C21H28N2O3/c1-14(2)23-19-6-5-15(3-4-16-7-9-25-12-16)11-17(19)20(21(23)24)18-13-26-10-8-22-18/h5-6,11,14,16,24H,3-4,7-10,12-13H2,1-2H3. The van der Waals surface area contributed by atoms with Gasteiger partial charge in [0.25, 0.3) is 0 Å². The van der Waals surface area contributed by atoms with Crippen LogP contribution in [-0.2, 0) is 15.9 Å². The number of hydrogen-bond acceptors (Lipinski definition) is 4. The van der Waals surface area contributed by atoms with E-state index in [1.807, 2.05) is 4.57 Å². The van der Waals surface area contributed by atoms with Crippen LogP contribution in [0.15, 0.2) is 23.2 Å². The number of rotatable bonds is 5. The summed E-state index contributed by atoms with van der Waals surface area (Å²) in [5, 5.41) is 12.0. The maximum Gasteiger partial charge on any atom is 0.201 e. The van der Waals surface area contributed by atoms with Crippen molar-refractivity contribution in [3.63, 3.8) is 0 Å². The first-order valence-corrected chi connectivity index (χ1v) is 9.70. The quantitative estimate of drug-likeness (QED) is 0.888. The summed E-state index contributed by atoms with van der Waals surface area (Å²) in [7, 11) is 0. The molecular weight excluding hydrogens is 328 g/mol. The van der Waals surface area contributed by atoms with Crippen LogP contribution in [0, 0.1) is 5.92 Å². The van der Waals surface area contributed by atoms with Crippen molar-refractivity contribution in [2.24, 2.45) is 10.9 Å². The van der Waals surface area contributed by atoms with Gasteiger partial charge < -0.3 is 19.1 Å². The summed E-state index contributed by atoms with van der Waals surface area (Å²) < 4.78 is 13.1. The molecule has 140 valence electrons. The van der Waals surface area contributed by atoms with Gasteiger partial charge in [-0.15, -0.1) is 0 Å². The van der Waals surface area contributed by atoms with E-state index in [0.29, 0.717) is 31.6 Å². The van der Waals surface area contributed by atoms with E-state index in [4.69, 9.17) is 9.47 Å². The highest BCUT2D eigenvalue weighted by Crippen LogP contribution is 2.36. The fourth-order valence-electron chi connectivity index (χ4n) is 4.10. The van der Waals surface area contributed by atoms with Crippen LogP contribution in [0.5, 0.6) is 5.88 Å². The summed E-state index contributed by atoms with van der Waals surface area (Å²) in [6, 6.07) is 6.75. The molecule has 1 saturated heterocycles. The van der Waals surface area contributed by atoms with Crippen molar-refractivity contribution in [3.05, 3.63) is 29.3 Å². The van der Waals surface area contributed by atoms with Gasteiger partial charge in [-0.1, -0.05) is 6.07 Å². The number of fused-ring (bicyclic) bond motifs is 1. The molecule has 5 nitrogen and oxygen atoms in total. The zero-order valence-corrected chi connectivity index (χ0v) is 15.7. The molecule has 1 unspecified atom stereocenters. The molecule has 2 aromatic rings. The predicted octanol–water partition coefficient (Wildman–Crippen LogP) is 3.72. The van der Waals surface area contributed by atoms with Crippen LogP contribution in [-0.4, -0.2) is 48.4 Å². The van der Waals surface area contributed by atoms with Gasteiger partial charge in [-0.2, -0.15) is 0 Å². The topological polar surface area (TPSA) is 56.0 Å². The second-order valence-electron chi connectivity index (χ2n) is 7.66. The second kappa shape index (κ2) is 7.41. The van der Waals surface area contributed by atoms with Gasteiger partial charge in [0.15, 0.2) is 0 Å². The zero-order chi connectivity index (χ0) is 18.1. The van der Waals surface area contributed by atoms with E-state index >= 15 is 0 Å². The van der Waals surface area contributed by atoms with Crippen LogP contribution in [0.2, 0.25) is 0 Å². The van der Waals surface area contributed by atoms with E-state index in [2.05, 4.69) is 37.0 Å². The molecule has 0 aliphatic carbocycles. The van der Waals surface area contributed by atoms with E-state index in [0.717, 1.165) is 48.2 Å². The van der Waals surface area contributed by atoms with Crippen molar-refractivity contribution in [2.45, 2.75) is 39.2 Å². The minimum absolute atomic E-state index is 0.179. The number of ether oxygens (including phenoxy) is 2. The molecule has 0 radical (unpaired) electrons. The van der Waals surface area contributed by atoms with Gasteiger partial charge in [-0.3, -0.25) is 4.99 Å². The number of hydrogen-bond donors (Lipinski definition) is 1. The summed E-state index contributed by atoms with van der Waals surface area (Å²) in [6.07, 6.45) is 3.37. The lowest BCUT2D eigenvalue weighted by Crippen LogP contribution is -2.18. The third kappa shape index (κ3) is 3.26. The molecule has 4 rings (SSSR count). The maximum absolute atomic E-state index is 10.9. The fraction of sp³-hybridized carbons (Fsp3) is 0.571. The molecule has 1 N–H and O–H groups in total. The monoisotopic (exact) mass is 356 g/mol. The number of benzene rings is 1. The Kier molecular flexibility index (Phi) is 5.00. The molecule has 26 heavy (non-hydrogen) atoms. The molecule has 1 aromatic carbocycles. The number of aromatic hydroxyl groups is 1. The first-order valence-electron chi connectivity index (χ1n) is 9.70. The molecule has 5 heteroatoms. The highest BCUT2D eigenvalue weighted by atomic mass is 16.5. The Morgan fingerprint density at radius 1 is 1.27 bits per heavy atom. The minimum atomic E-state index is 0.179. The number of aromatic nitrogens is 1. The normalized spacial score (nSPS) is 20.9. The predicted molar refractivity (Wildman–Crippen MR) is 103 cm³/mol. The lowest BCUT2D eigenvalue weighted by Gasteiger charge is -2.14. The van der Waals surface area contributed by atoms with Gasteiger partial charge in [0, 0.05) is 24.6 Å². The molecule has 1 atom stereocenters. The van der Waals surface area contributed by atoms with Crippen LogP contribution in [0.3, 0.4) is 0 Å². The number of aliphatic imine (C=N–C) groups is 1. The molecule has 0 spiro atoms. The Labute approximate surface area is 154 Å². The highest BCUT2D eigenvalue weighted by molar-refractivity contribution is 6.14. The van der Waals surface area contributed by atoms with E-state index < -0.39 is 0 Å². The molecular formula is C21H28N2O3. The molecule has 3 heterocycles.